The number of benzene rings is 1. The van der Waals surface area contributed by atoms with Crippen LogP contribution in [0.25, 0.3) is 0 Å². The number of hydrogen-bond acceptors (Lipinski definition) is 3. The first-order chi connectivity index (χ1) is 8.97. The van der Waals surface area contributed by atoms with Crippen molar-refractivity contribution in [1.29, 1.82) is 0 Å². The predicted molar refractivity (Wildman–Crippen MR) is 78.2 cm³/mol. The van der Waals surface area contributed by atoms with Gasteiger partial charge in [-0.3, -0.25) is 9.78 Å². The first kappa shape index (κ1) is 13.3. The van der Waals surface area contributed by atoms with E-state index in [1.54, 1.807) is 12.3 Å². The van der Waals surface area contributed by atoms with E-state index in [2.05, 4.69) is 41.9 Å². The van der Waals surface area contributed by atoms with Gasteiger partial charge in [-0.15, -0.1) is 0 Å². The first-order valence-corrected chi connectivity index (χ1v) is 6.26. The van der Waals surface area contributed by atoms with Crippen molar-refractivity contribution >= 4 is 17.2 Å². The molecule has 0 spiro atoms. The summed E-state index contributed by atoms with van der Waals surface area (Å²) < 4.78 is 0. The van der Waals surface area contributed by atoms with Crippen molar-refractivity contribution in [3.8, 4) is 0 Å². The lowest BCUT2D eigenvalue weighted by Gasteiger charge is -2.20. The molecule has 3 nitrogen and oxygen atoms in total. The molecular weight excluding hydrogens is 236 g/mol. The number of anilines is 2. The molecule has 1 aromatic heterocycles. The Balaban J connectivity index is 2.32. The van der Waals surface area contributed by atoms with Crippen molar-refractivity contribution in [2.45, 2.75) is 20.8 Å². The van der Waals surface area contributed by atoms with Crippen LogP contribution >= 0.6 is 0 Å². The number of hydrogen-bond donors (Lipinski definition) is 0. The maximum absolute atomic E-state index is 11.2. The lowest BCUT2D eigenvalue weighted by molar-refractivity contribution is 0.101. The molecule has 0 amide bonds. The fourth-order valence-corrected chi connectivity index (χ4v) is 2.09. The van der Waals surface area contributed by atoms with Crippen LogP contribution in [0.2, 0.25) is 0 Å². The van der Waals surface area contributed by atoms with Gasteiger partial charge < -0.3 is 4.90 Å². The maximum atomic E-state index is 11.2. The van der Waals surface area contributed by atoms with E-state index in [9.17, 15) is 4.79 Å². The summed E-state index contributed by atoms with van der Waals surface area (Å²) in [5, 5.41) is 0. The van der Waals surface area contributed by atoms with Crippen LogP contribution in [0.1, 0.15) is 28.5 Å². The number of ketones is 1. The normalized spacial score (nSPS) is 10.3. The summed E-state index contributed by atoms with van der Waals surface area (Å²) in [6.07, 6.45) is 1.73. The van der Waals surface area contributed by atoms with Gasteiger partial charge in [-0.1, -0.05) is 6.07 Å². The molecule has 0 aliphatic carbocycles. The third-order valence-electron chi connectivity index (χ3n) is 3.09. The van der Waals surface area contributed by atoms with Gasteiger partial charge in [0.2, 0.25) is 0 Å². The Morgan fingerprint density at radius 3 is 2.16 bits per heavy atom. The standard InChI is InChI=1S/C16H18N2O/c1-11-7-12(2)9-15(8-11)18(4)14-5-6-16(13(3)19)17-10-14/h5-10H,1-4H3. The van der Waals surface area contributed by atoms with Crippen molar-refractivity contribution in [3.05, 3.63) is 53.3 Å². The summed E-state index contributed by atoms with van der Waals surface area (Å²) in [5.74, 6) is -0.0133. The summed E-state index contributed by atoms with van der Waals surface area (Å²) in [7, 11) is 2.00. The van der Waals surface area contributed by atoms with Crippen molar-refractivity contribution in [2.24, 2.45) is 0 Å². The zero-order valence-electron chi connectivity index (χ0n) is 11.8. The second kappa shape index (κ2) is 5.22. The highest BCUT2D eigenvalue weighted by atomic mass is 16.1. The lowest BCUT2D eigenvalue weighted by atomic mass is 10.1. The van der Waals surface area contributed by atoms with E-state index in [-0.39, 0.29) is 5.78 Å². The van der Waals surface area contributed by atoms with E-state index in [0.717, 1.165) is 11.4 Å². The van der Waals surface area contributed by atoms with Gasteiger partial charge in [-0.25, -0.2) is 0 Å². The summed E-state index contributed by atoms with van der Waals surface area (Å²) in [5.41, 5.74) is 5.05. The minimum atomic E-state index is -0.0133. The fraction of sp³-hybridized carbons (Fsp3) is 0.250. The van der Waals surface area contributed by atoms with E-state index in [4.69, 9.17) is 0 Å². The molecule has 0 aliphatic rings. The monoisotopic (exact) mass is 254 g/mol. The molecule has 2 rings (SSSR count). The van der Waals surface area contributed by atoms with Gasteiger partial charge in [0.15, 0.2) is 5.78 Å². The summed E-state index contributed by atoms with van der Waals surface area (Å²) in [6, 6.07) is 10.1. The number of aryl methyl sites for hydroxylation is 2. The number of pyridine rings is 1. The molecule has 19 heavy (non-hydrogen) atoms. The molecule has 1 heterocycles. The van der Waals surface area contributed by atoms with Crippen LogP contribution in [-0.4, -0.2) is 17.8 Å². The molecule has 0 saturated carbocycles. The van der Waals surface area contributed by atoms with Crippen molar-refractivity contribution in [1.82, 2.24) is 4.98 Å². The van der Waals surface area contributed by atoms with Crippen LogP contribution < -0.4 is 4.90 Å². The van der Waals surface area contributed by atoms with Crippen molar-refractivity contribution < 1.29 is 4.79 Å². The third kappa shape index (κ3) is 2.99. The largest absolute Gasteiger partial charge is 0.343 e. The van der Waals surface area contributed by atoms with Crippen LogP contribution in [-0.2, 0) is 0 Å². The molecule has 3 heteroatoms. The van der Waals surface area contributed by atoms with Crippen LogP contribution in [0.3, 0.4) is 0 Å². The van der Waals surface area contributed by atoms with E-state index < -0.39 is 0 Å². The van der Waals surface area contributed by atoms with Gasteiger partial charge in [0.1, 0.15) is 5.69 Å². The SMILES string of the molecule is CC(=O)c1ccc(N(C)c2cc(C)cc(C)c2)cn1. The molecule has 0 fully saturated rings. The molecule has 0 N–H and O–H groups in total. The van der Waals surface area contributed by atoms with Gasteiger partial charge >= 0.3 is 0 Å². The van der Waals surface area contributed by atoms with Crippen LogP contribution in [0, 0.1) is 13.8 Å². The molecular formula is C16H18N2O. The summed E-state index contributed by atoms with van der Waals surface area (Å²) >= 11 is 0. The maximum Gasteiger partial charge on any atom is 0.178 e. The average molecular weight is 254 g/mol. The smallest absolute Gasteiger partial charge is 0.178 e. The predicted octanol–water partition coefficient (Wildman–Crippen LogP) is 3.67. The Morgan fingerprint density at radius 1 is 1.05 bits per heavy atom. The highest BCUT2D eigenvalue weighted by Gasteiger charge is 2.07. The van der Waals surface area contributed by atoms with Gasteiger partial charge in [0, 0.05) is 19.7 Å². The quantitative estimate of drug-likeness (QED) is 0.783. The Morgan fingerprint density at radius 2 is 1.68 bits per heavy atom. The number of Topliss-reactive ketones (excluding diaryl/α,β-unsaturated/α-hetero) is 1. The van der Waals surface area contributed by atoms with E-state index in [0.29, 0.717) is 5.69 Å². The zero-order valence-corrected chi connectivity index (χ0v) is 11.8. The molecule has 0 atom stereocenters. The Bertz CT molecular complexity index is 582. The minimum Gasteiger partial charge on any atom is -0.343 e. The number of aromatic nitrogens is 1. The van der Waals surface area contributed by atoms with Gasteiger partial charge in [0.25, 0.3) is 0 Å². The number of nitrogens with zero attached hydrogens (tertiary/aromatic N) is 2. The summed E-state index contributed by atoms with van der Waals surface area (Å²) in [4.78, 5) is 17.5. The fourth-order valence-electron chi connectivity index (χ4n) is 2.09. The first-order valence-electron chi connectivity index (χ1n) is 6.26. The van der Waals surface area contributed by atoms with Gasteiger partial charge in [-0.2, -0.15) is 0 Å². The van der Waals surface area contributed by atoms with Gasteiger partial charge in [-0.05, 0) is 49.2 Å². The second-order valence-corrected chi connectivity index (χ2v) is 4.86. The molecule has 0 bridgehead atoms. The number of carbonyl (C=O) groups is 1. The molecule has 2 aromatic rings. The summed E-state index contributed by atoms with van der Waals surface area (Å²) in [6.45, 7) is 5.69. The molecule has 98 valence electrons. The van der Waals surface area contributed by atoms with E-state index in [1.165, 1.54) is 18.1 Å². The van der Waals surface area contributed by atoms with Crippen molar-refractivity contribution in [2.75, 3.05) is 11.9 Å². The van der Waals surface area contributed by atoms with Crippen LogP contribution in [0.15, 0.2) is 36.5 Å². The third-order valence-corrected chi connectivity index (χ3v) is 3.09. The highest BCUT2D eigenvalue weighted by Crippen LogP contribution is 2.25. The van der Waals surface area contributed by atoms with Crippen LogP contribution in [0.4, 0.5) is 11.4 Å². The number of rotatable bonds is 3. The molecule has 1 aromatic carbocycles. The van der Waals surface area contributed by atoms with Crippen LogP contribution in [0.5, 0.6) is 0 Å². The highest BCUT2D eigenvalue weighted by molar-refractivity contribution is 5.92. The van der Waals surface area contributed by atoms with Gasteiger partial charge in [0.05, 0.1) is 11.9 Å². The molecule has 0 aliphatic heterocycles. The Labute approximate surface area is 113 Å². The van der Waals surface area contributed by atoms with E-state index in [1.807, 2.05) is 13.1 Å². The minimum absolute atomic E-state index is 0.0133. The number of carbonyl (C=O) groups excluding carboxylic acids is 1. The lowest BCUT2D eigenvalue weighted by Crippen LogP contribution is -2.10. The zero-order chi connectivity index (χ0) is 14.0. The van der Waals surface area contributed by atoms with E-state index >= 15 is 0 Å². The molecule has 0 unspecified atom stereocenters. The molecule has 0 saturated heterocycles. The molecule has 0 radical (unpaired) electrons. The Kier molecular flexibility index (Phi) is 3.65. The van der Waals surface area contributed by atoms with Crippen molar-refractivity contribution in [3.63, 3.8) is 0 Å². The second-order valence-electron chi connectivity index (χ2n) is 4.86. The Hall–Kier alpha value is -2.16. The topological polar surface area (TPSA) is 33.2 Å². The average Bonchev–Trinajstić information content (AvgIpc) is 2.37.